The van der Waals surface area contributed by atoms with Crippen LogP contribution < -0.4 is 5.49 Å². The van der Waals surface area contributed by atoms with E-state index in [9.17, 15) is 0 Å². The molecule has 3 heterocycles. The van der Waals surface area contributed by atoms with Gasteiger partial charge in [-0.25, -0.2) is 4.98 Å². The van der Waals surface area contributed by atoms with Crippen molar-refractivity contribution in [3.05, 3.63) is 23.1 Å². The van der Waals surface area contributed by atoms with Gasteiger partial charge in [0.1, 0.15) is 11.1 Å². The van der Waals surface area contributed by atoms with Crippen LogP contribution in [0.15, 0.2) is 6.33 Å². The number of nitrogens with one attached hydrogen (secondary N) is 1. The fraction of sp³-hybridized carbons (Fsp3) is 0.700. The second kappa shape index (κ2) is 7.53. The molecule has 6 heteroatoms. The van der Waals surface area contributed by atoms with Gasteiger partial charge in [0.05, 0.1) is 24.9 Å². The van der Waals surface area contributed by atoms with Gasteiger partial charge < -0.3 is 13.9 Å². The van der Waals surface area contributed by atoms with Gasteiger partial charge in [-0.15, -0.1) is 0 Å². The van der Waals surface area contributed by atoms with Crippen LogP contribution in [0.25, 0.3) is 11.0 Å². The molecule has 1 N–H and O–H groups in total. The van der Waals surface area contributed by atoms with E-state index >= 15 is 0 Å². The van der Waals surface area contributed by atoms with E-state index in [2.05, 4.69) is 23.3 Å². The summed E-state index contributed by atoms with van der Waals surface area (Å²) in [7, 11) is 0. The summed E-state index contributed by atoms with van der Waals surface area (Å²) in [6, 6.07) is 0.552. The van der Waals surface area contributed by atoms with Gasteiger partial charge >= 0.3 is 0 Å². The molecule has 1 aliphatic carbocycles. The molecule has 0 radical (unpaired) electrons. The molecular formula is C20H31N5O. The molecule has 2 aromatic heterocycles. The molecule has 2 aliphatic rings. The van der Waals surface area contributed by atoms with Crippen LogP contribution in [0.4, 0.5) is 0 Å². The van der Waals surface area contributed by atoms with Crippen LogP contribution in [-0.2, 0) is 11.3 Å². The van der Waals surface area contributed by atoms with Crippen LogP contribution in [-0.4, -0.2) is 51.9 Å². The number of morpholine rings is 1. The minimum absolute atomic E-state index is 0.552. The van der Waals surface area contributed by atoms with E-state index in [1.165, 1.54) is 43.4 Å². The normalized spacial score (nSPS) is 20.1. The fourth-order valence-electron chi connectivity index (χ4n) is 4.57. The van der Waals surface area contributed by atoms with E-state index < -0.39 is 0 Å². The number of hydrogen-bond donors (Lipinski definition) is 1. The van der Waals surface area contributed by atoms with Crippen molar-refractivity contribution in [2.75, 3.05) is 32.8 Å². The molecule has 1 aliphatic heterocycles. The average Bonchev–Trinajstić information content (AvgIpc) is 2.94. The monoisotopic (exact) mass is 357 g/mol. The van der Waals surface area contributed by atoms with Gasteiger partial charge in [-0.05, 0) is 32.3 Å². The summed E-state index contributed by atoms with van der Waals surface area (Å²) in [6.45, 7) is 9.73. The smallest absolute Gasteiger partial charge is 0.146 e. The van der Waals surface area contributed by atoms with E-state index in [1.54, 1.807) is 0 Å². The van der Waals surface area contributed by atoms with Crippen molar-refractivity contribution < 1.29 is 4.74 Å². The molecule has 142 valence electrons. The number of aromatic nitrogens is 3. The lowest BCUT2D eigenvalue weighted by molar-refractivity contribution is 0.0362. The van der Waals surface area contributed by atoms with Gasteiger partial charge in [0, 0.05) is 37.9 Å². The highest BCUT2D eigenvalue weighted by Gasteiger charge is 2.23. The van der Waals surface area contributed by atoms with E-state index in [0.717, 1.165) is 50.4 Å². The number of ether oxygens (including phenoxy) is 1. The summed E-state index contributed by atoms with van der Waals surface area (Å²) < 4.78 is 9.86. The quantitative estimate of drug-likeness (QED) is 0.915. The first-order chi connectivity index (χ1) is 12.7. The second-order valence-corrected chi connectivity index (χ2v) is 7.81. The Morgan fingerprint density at radius 2 is 1.85 bits per heavy atom. The summed E-state index contributed by atoms with van der Waals surface area (Å²) in [5, 5.41) is 9.83. The van der Waals surface area contributed by atoms with Gasteiger partial charge in [-0.1, -0.05) is 19.3 Å². The summed E-state index contributed by atoms with van der Waals surface area (Å²) in [5.74, 6) is 0. The van der Waals surface area contributed by atoms with Crippen molar-refractivity contribution in [1.29, 1.82) is 5.41 Å². The zero-order chi connectivity index (χ0) is 18.1. The van der Waals surface area contributed by atoms with Crippen molar-refractivity contribution >= 4 is 11.0 Å². The largest absolute Gasteiger partial charge is 0.379 e. The van der Waals surface area contributed by atoms with Crippen LogP contribution in [0.2, 0.25) is 0 Å². The molecule has 0 unspecified atom stereocenters. The Labute approximate surface area is 155 Å². The first-order valence-electron chi connectivity index (χ1n) is 10.1. The predicted octanol–water partition coefficient (Wildman–Crippen LogP) is 2.77. The molecule has 1 saturated carbocycles. The molecule has 0 bridgehead atoms. The maximum absolute atomic E-state index is 8.79. The SMILES string of the molecule is Cc1c(C)n(C2CCCCC2)c2ncn(CCN3CCOCC3)c(=N)c12. The van der Waals surface area contributed by atoms with Crippen LogP contribution >= 0.6 is 0 Å². The van der Waals surface area contributed by atoms with Crippen molar-refractivity contribution in [2.45, 2.75) is 58.5 Å². The highest BCUT2D eigenvalue weighted by Crippen LogP contribution is 2.33. The Morgan fingerprint density at radius 1 is 1.12 bits per heavy atom. The molecule has 0 aromatic carbocycles. The highest BCUT2D eigenvalue weighted by atomic mass is 16.5. The van der Waals surface area contributed by atoms with E-state index in [-0.39, 0.29) is 0 Å². The van der Waals surface area contributed by atoms with Crippen molar-refractivity contribution in [3.8, 4) is 0 Å². The second-order valence-electron chi connectivity index (χ2n) is 7.81. The van der Waals surface area contributed by atoms with Crippen molar-refractivity contribution in [2.24, 2.45) is 0 Å². The number of fused-ring (bicyclic) bond motifs is 1. The van der Waals surface area contributed by atoms with Gasteiger partial charge in [-0.2, -0.15) is 0 Å². The fourth-order valence-corrected chi connectivity index (χ4v) is 4.57. The number of nitrogens with zero attached hydrogens (tertiary/aromatic N) is 4. The molecule has 2 aromatic rings. The summed E-state index contributed by atoms with van der Waals surface area (Å²) in [5.41, 5.74) is 4.14. The summed E-state index contributed by atoms with van der Waals surface area (Å²) >= 11 is 0. The number of rotatable bonds is 4. The first-order valence-corrected chi connectivity index (χ1v) is 10.1. The van der Waals surface area contributed by atoms with Gasteiger partial charge in [-0.3, -0.25) is 10.3 Å². The van der Waals surface area contributed by atoms with Crippen molar-refractivity contribution in [3.63, 3.8) is 0 Å². The first kappa shape index (κ1) is 17.7. The number of aryl methyl sites for hydroxylation is 1. The molecule has 0 atom stereocenters. The molecule has 1 saturated heterocycles. The van der Waals surface area contributed by atoms with Gasteiger partial charge in [0.25, 0.3) is 0 Å². The Bertz CT molecular complexity index is 825. The molecule has 4 rings (SSSR count). The minimum Gasteiger partial charge on any atom is -0.379 e. The van der Waals surface area contributed by atoms with Crippen molar-refractivity contribution in [1.82, 2.24) is 19.0 Å². The van der Waals surface area contributed by atoms with Gasteiger partial charge in [0.2, 0.25) is 0 Å². The zero-order valence-electron chi connectivity index (χ0n) is 16.1. The standard InChI is InChI=1S/C20H31N5O/c1-15-16(2)25(17-6-4-3-5-7-17)20-18(15)19(21)24(14-22-20)9-8-23-10-12-26-13-11-23/h14,17,21H,3-13H2,1-2H3. The predicted molar refractivity (Wildman–Crippen MR) is 102 cm³/mol. The lowest BCUT2D eigenvalue weighted by Gasteiger charge is -2.27. The molecule has 0 amide bonds. The third-order valence-corrected chi connectivity index (χ3v) is 6.27. The Kier molecular flexibility index (Phi) is 5.14. The van der Waals surface area contributed by atoms with E-state index in [1.807, 2.05) is 10.9 Å². The summed E-state index contributed by atoms with van der Waals surface area (Å²) in [4.78, 5) is 7.23. The minimum atomic E-state index is 0.552. The lowest BCUT2D eigenvalue weighted by atomic mass is 9.95. The summed E-state index contributed by atoms with van der Waals surface area (Å²) in [6.07, 6.45) is 8.33. The van der Waals surface area contributed by atoms with E-state index in [0.29, 0.717) is 11.5 Å². The van der Waals surface area contributed by atoms with E-state index in [4.69, 9.17) is 15.1 Å². The number of hydrogen-bond acceptors (Lipinski definition) is 4. The molecular weight excluding hydrogens is 326 g/mol. The molecule has 6 nitrogen and oxygen atoms in total. The van der Waals surface area contributed by atoms with Crippen LogP contribution in [0.3, 0.4) is 0 Å². The van der Waals surface area contributed by atoms with Crippen LogP contribution in [0, 0.1) is 19.3 Å². The Hall–Kier alpha value is -1.66. The molecule has 26 heavy (non-hydrogen) atoms. The molecule has 2 fully saturated rings. The Morgan fingerprint density at radius 3 is 2.58 bits per heavy atom. The maximum atomic E-state index is 8.79. The maximum Gasteiger partial charge on any atom is 0.146 e. The van der Waals surface area contributed by atoms with Crippen LogP contribution in [0.5, 0.6) is 0 Å². The highest BCUT2D eigenvalue weighted by molar-refractivity contribution is 5.80. The third kappa shape index (κ3) is 3.21. The lowest BCUT2D eigenvalue weighted by Crippen LogP contribution is -2.39. The van der Waals surface area contributed by atoms with Gasteiger partial charge in [0.15, 0.2) is 0 Å². The Balaban J connectivity index is 1.64. The van der Waals surface area contributed by atoms with Crippen LogP contribution in [0.1, 0.15) is 49.4 Å². The average molecular weight is 358 g/mol. The molecule has 0 spiro atoms. The topological polar surface area (TPSA) is 59.1 Å². The third-order valence-electron chi connectivity index (χ3n) is 6.27. The zero-order valence-corrected chi connectivity index (χ0v) is 16.1.